The van der Waals surface area contributed by atoms with Gasteiger partial charge in [0, 0.05) is 23.5 Å². The van der Waals surface area contributed by atoms with Crippen LogP contribution in [0.15, 0.2) is 47.4 Å². The highest BCUT2D eigenvalue weighted by Gasteiger charge is 2.06. The minimum absolute atomic E-state index is 0. The van der Waals surface area contributed by atoms with Crippen LogP contribution in [0.1, 0.15) is 23.1 Å². The molecule has 0 aliphatic carbocycles. The van der Waals surface area contributed by atoms with Gasteiger partial charge in [-0.05, 0) is 48.4 Å². The van der Waals surface area contributed by atoms with Gasteiger partial charge >= 0.3 is 0 Å². The number of anilines is 1. The van der Waals surface area contributed by atoms with Crippen molar-refractivity contribution in [2.24, 2.45) is 0 Å². The number of carbonyl (C=O) groups excluding carboxylic acids is 1. The Morgan fingerprint density at radius 3 is 2.61 bits per heavy atom. The van der Waals surface area contributed by atoms with E-state index < -0.39 is 0 Å². The Balaban J connectivity index is 0.00000264. The fourth-order valence-corrected chi connectivity index (χ4v) is 3.00. The van der Waals surface area contributed by atoms with Crippen molar-refractivity contribution in [1.82, 2.24) is 5.32 Å². The van der Waals surface area contributed by atoms with Gasteiger partial charge in [0.25, 0.3) is 0 Å². The number of aryl methyl sites for hydroxylation is 2. The van der Waals surface area contributed by atoms with Crippen molar-refractivity contribution in [1.29, 1.82) is 0 Å². The second-order valence-corrected chi connectivity index (χ2v) is 6.14. The first-order valence-electron chi connectivity index (χ1n) is 7.33. The Labute approximate surface area is 148 Å². The topological polar surface area (TPSA) is 55.1 Å². The molecular formula is C18H23ClN2OS. The van der Waals surface area contributed by atoms with Crippen LogP contribution in [0, 0.1) is 6.92 Å². The summed E-state index contributed by atoms with van der Waals surface area (Å²) in [5.41, 5.74) is 10.1. The Hall–Kier alpha value is -1.65. The molecule has 0 atom stereocenters. The Bertz CT molecular complexity index is 661. The summed E-state index contributed by atoms with van der Waals surface area (Å²) in [6.07, 6.45) is 3.18. The van der Waals surface area contributed by atoms with Crippen LogP contribution in [0.25, 0.3) is 0 Å². The van der Waals surface area contributed by atoms with Crippen LogP contribution in [-0.4, -0.2) is 12.2 Å². The van der Waals surface area contributed by atoms with Gasteiger partial charge in [0.2, 0.25) is 5.91 Å². The summed E-state index contributed by atoms with van der Waals surface area (Å²) < 4.78 is 0. The van der Waals surface area contributed by atoms with Gasteiger partial charge in [-0.25, -0.2) is 0 Å². The van der Waals surface area contributed by atoms with Crippen molar-refractivity contribution >= 4 is 35.8 Å². The van der Waals surface area contributed by atoms with Gasteiger partial charge in [0.1, 0.15) is 0 Å². The molecule has 0 aromatic heterocycles. The van der Waals surface area contributed by atoms with Crippen molar-refractivity contribution < 1.29 is 4.79 Å². The predicted molar refractivity (Wildman–Crippen MR) is 101 cm³/mol. The van der Waals surface area contributed by atoms with Crippen LogP contribution < -0.4 is 11.1 Å². The lowest BCUT2D eigenvalue weighted by Crippen LogP contribution is -2.23. The maximum atomic E-state index is 12.0. The Kier molecular flexibility index (Phi) is 8.00. The van der Waals surface area contributed by atoms with E-state index >= 15 is 0 Å². The quantitative estimate of drug-likeness (QED) is 0.612. The molecule has 0 saturated carbocycles. The number of halogens is 1. The third-order valence-electron chi connectivity index (χ3n) is 3.60. The number of benzene rings is 2. The number of amides is 1. The number of nitrogens with one attached hydrogen (secondary N) is 1. The average molecular weight is 351 g/mol. The van der Waals surface area contributed by atoms with Crippen LogP contribution in [0.2, 0.25) is 0 Å². The third-order valence-corrected chi connectivity index (χ3v) is 4.41. The van der Waals surface area contributed by atoms with Crippen molar-refractivity contribution in [3.05, 3.63) is 59.2 Å². The Morgan fingerprint density at radius 1 is 1.17 bits per heavy atom. The molecule has 0 aliphatic rings. The molecule has 23 heavy (non-hydrogen) atoms. The van der Waals surface area contributed by atoms with E-state index in [1.165, 1.54) is 10.5 Å². The maximum Gasteiger partial charge on any atom is 0.220 e. The maximum absolute atomic E-state index is 12.0. The van der Waals surface area contributed by atoms with Crippen molar-refractivity contribution in [3.8, 4) is 0 Å². The first-order chi connectivity index (χ1) is 10.6. The molecule has 0 heterocycles. The molecule has 2 aromatic carbocycles. The zero-order chi connectivity index (χ0) is 15.9. The van der Waals surface area contributed by atoms with E-state index in [0.29, 0.717) is 19.4 Å². The number of rotatable bonds is 6. The molecule has 0 saturated heterocycles. The number of hydrogen-bond donors (Lipinski definition) is 2. The molecule has 124 valence electrons. The summed E-state index contributed by atoms with van der Waals surface area (Å²) in [5.74, 6) is 0.0517. The van der Waals surface area contributed by atoms with Crippen LogP contribution in [0.4, 0.5) is 5.69 Å². The van der Waals surface area contributed by atoms with E-state index in [-0.39, 0.29) is 18.3 Å². The number of para-hydroxylation sites is 1. The number of nitrogen functional groups attached to an aromatic ring is 1. The number of carbonyl (C=O) groups is 1. The number of hydrogen-bond acceptors (Lipinski definition) is 3. The third kappa shape index (κ3) is 5.81. The van der Waals surface area contributed by atoms with Crippen LogP contribution in [0.3, 0.4) is 0 Å². The van der Waals surface area contributed by atoms with Crippen molar-refractivity contribution in [2.75, 3.05) is 12.0 Å². The highest BCUT2D eigenvalue weighted by Crippen LogP contribution is 2.21. The molecule has 1 amide bonds. The smallest absolute Gasteiger partial charge is 0.220 e. The lowest BCUT2D eigenvalue weighted by Gasteiger charge is -2.10. The van der Waals surface area contributed by atoms with Gasteiger partial charge in [0.15, 0.2) is 0 Å². The van der Waals surface area contributed by atoms with E-state index in [9.17, 15) is 4.79 Å². The van der Waals surface area contributed by atoms with E-state index in [1.807, 2.05) is 24.3 Å². The molecule has 0 bridgehead atoms. The van der Waals surface area contributed by atoms with Crippen LogP contribution in [-0.2, 0) is 17.8 Å². The van der Waals surface area contributed by atoms with Gasteiger partial charge in [-0.15, -0.1) is 24.2 Å². The normalized spacial score (nSPS) is 10.0. The summed E-state index contributed by atoms with van der Waals surface area (Å²) in [7, 11) is 0. The molecule has 0 radical (unpaired) electrons. The fraction of sp³-hybridized carbons (Fsp3) is 0.278. The minimum atomic E-state index is 0. The largest absolute Gasteiger partial charge is 0.399 e. The molecule has 3 N–H and O–H groups in total. The molecule has 5 heteroatoms. The zero-order valence-electron chi connectivity index (χ0n) is 13.5. The molecule has 2 rings (SSSR count). The highest BCUT2D eigenvalue weighted by molar-refractivity contribution is 7.98. The van der Waals surface area contributed by atoms with Gasteiger partial charge < -0.3 is 11.1 Å². The van der Waals surface area contributed by atoms with Gasteiger partial charge in [-0.1, -0.05) is 30.3 Å². The Morgan fingerprint density at radius 2 is 1.91 bits per heavy atom. The second kappa shape index (κ2) is 9.48. The standard InChI is InChI=1S/C18H22N2OS.ClH/c1-13-7-8-15(17(11-13)22-2)12-20-18(21)10-9-14-5-3-4-6-16(14)19;/h3-8,11H,9-10,12,19H2,1-2H3,(H,20,21);1H. The van der Waals surface area contributed by atoms with E-state index in [0.717, 1.165) is 16.8 Å². The molecule has 2 aromatic rings. The lowest BCUT2D eigenvalue weighted by atomic mass is 10.1. The van der Waals surface area contributed by atoms with E-state index in [2.05, 4.69) is 36.7 Å². The molecule has 0 aliphatic heterocycles. The first kappa shape index (κ1) is 19.4. The number of nitrogens with two attached hydrogens (primary N) is 1. The summed E-state index contributed by atoms with van der Waals surface area (Å²) >= 11 is 1.71. The van der Waals surface area contributed by atoms with E-state index in [1.54, 1.807) is 11.8 Å². The average Bonchev–Trinajstić information content (AvgIpc) is 2.52. The molecule has 0 fully saturated rings. The van der Waals surface area contributed by atoms with Crippen LogP contribution in [0.5, 0.6) is 0 Å². The second-order valence-electron chi connectivity index (χ2n) is 5.29. The summed E-state index contributed by atoms with van der Waals surface area (Å²) in [6, 6.07) is 14.0. The number of thioether (sulfide) groups is 1. The molecule has 0 unspecified atom stereocenters. The van der Waals surface area contributed by atoms with Crippen molar-refractivity contribution in [3.63, 3.8) is 0 Å². The predicted octanol–water partition coefficient (Wildman–Crippen LogP) is 3.97. The summed E-state index contributed by atoms with van der Waals surface area (Å²) in [6.45, 7) is 2.64. The van der Waals surface area contributed by atoms with E-state index in [4.69, 9.17) is 5.73 Å². The molecule has 0 spiro atoms. The van der Waals surface area contributed by atoms with Crippen LogP contribution >= 0.6 is 24.2 Å². The summed E-state index contributed by atoms with van der Waals surface area (Å²) in [4.78, 5) is 13.2. The monoisotopic (exact) mass is 350 g/mol. The fourth-order valence-electron chi connectivity index (χ4n) is 2.29. The molecular weight excluding hydrogens is 328 g/mol. The zero-order valence-corrected chi connectivity index (χ0v) is 15.1. The minimum Gasteiger partial charge on any atom is -0.399 e. The van der Waals surface area contributed by atoms with Gasteiger partial charge in [-0.2, -0.15) is 0 Å². The lowest BCUT2D eigenvalue weighted by molar-refractivity contribution is -0.121. The van der Waals surface area contributed by atoms with Crippen molar-refractivity contribution in [2.45, 2.75) is 31.2 Å². The summed E-state index contributed by atoms with van der Waals surface area (Å²) in [5, 5.41) is 2.99. The molecule has 3 nitrogen and oxygen atoms in total. The SMILES string of the molecule is CSc1cc(C)ccc1CNC(=O)CCc1ccccc1N.Cl. The first-order valence-corrected chi connectivity index (χ1v) is 8.56. The highest BCUT2D eigenvalue weighted by atomic mass is 35.5. The van der Waals surface area contributed by atoms with Gasteiger partial charge in [0.05, 0.1) is 0 Å². The van der Waals surface area contributed by atoms with Gasteiger partial charge in [-0.3, -0.25) is 4.79 Å².